The van der Waals surface area contributed by atoms with Crippen molar-refractivity contribution >= 4 is 11.9 Å². The third-order valence-electron chi connectivity index (χ3n) is 2.85. The van der Waals surface area contributed by atoms with Gasteiger partial charge < -0.3 is 15.2 Å². The summed E-state index contributed by atoms with van der Waals surface area (Å²) in [6.07, 6.45) is -1.33. The molecule has 0 aromatic carbocycles. The zero-order valence-corrected chi connectivity index (χ0v) is 13.1. The zero-order chi connectivity index (χ0) is 15.4. The van der Waals surface area contributed by atoms with Crippen LogP contribution in [-0.4, -0.2) is 30.7 Å². The van der Waals surface area contributed by atoms with Crippen molar-refractivity contribution in [3.05, 3.63) is 0 Å². The van der Waals surface area contributed by atoms with E-state index in [0.29, 0.717) is 0 Å². The number of ether oxygens (including phenoxy) is 2. The van der Waals surface area contributed by atoms with Crippen LogP contribution in [-0.2, 0) is 19.1 Å². The molecule has 0 aliphatic rings. The molecule has 0 amide bonds. The predicted octanol–water partition coefficient (Wildman–Crippen LogP) is 1.88. The molecule has 0 saturated carbocycles. The van der Waals surface area contributed by atoms with E-state index in [1.54, 1.807) is 27.7 Å². The molecule has 0 radical (unpaired) electrons. The molecule has 0 aromatic heterocycles. The first kappa shape index (κ1) is 17.9. The molecular formula is C14H27NO4. The first-order valence-electron chi connectivity index (χ1n) is 6.51. The Morgan fingerprint density at radius 2 is 1.53 bits per heavy atom. The van der Waals surface area contributed by atoms with E-state index in [4.69, 9.17) is 15.2 Å². The van der Waals surface area contributed by atoms with Gasteiger partial charge in [-0.25, -0.2) is 4.79 Å². The van der Waals surface area contributed by atoms with E-state index >= 15 is 0 Å². The minimum absolute atomic E-state index is 0.0858. The van der Waals surface area contributed by atoms with Crippen molar-refractivity contribution in [2.45, 2.75) is 60.7 Å². The second-order valence-electron chi connectivity index (χ2n) is 6.82. The molecule has 0 aliphatic heterocycles. The molecule has 5 nitrogen and oxygen atoms in total. The molecule has 0 aliphatic carbocycles. The fourth-order valence-corrected chi connectivity index (χ4v) is 0.925. The number of esters is 2. The lowest BCUT2D eigenvalue weighted by Gasteiger charge is -2.29. The average Bonchev–Trinajstić information content (AvgIpc) is 2.22. The lowest BCUT2D eigenvalue weighted by Crippen LogP contribution is -2.41. The zero-order valence-electron chi connectivity index (χ0n) is 13.1. The molecule has 2 unspecified atom stereocenters. The van der Waals surface area contributed by atoms with E-state index in [1.807, 2.05) is 20.8 Å². The van der Waals surface area contributed by atoms with Crippen LogP contribution in [0.4, 0.5) is 0 Å². The highest BCUT2D eigenvalue weighted by atomic mass is 16.6. The molecule has 0 bridgehead atoms. The summed E-state index contributed by atoms with van der Waals surface area (Å²) < 4.78 is 10.4. The summed E-state index contributed by atoms with van der Waals surface area (Å²) in [5.41, 5.74) is 4.62. The van der Waals surface area contributed by atoms with Crippen molar-refractivity contribution in [3.8, 4) is 0 Å². The van der Waals surface area contributed by atoms with E-state index in [9.17, 15) is 9.59 Å². The van der Waals surface area contributed by atoms with Crippen molar-refractivity contribution < 1.29 is 19.1 Å². The Kier molecular flexibility index (Phi) is 6.00. The van der Waals surface area contributed by atoms with Gasteiger partial charge in [0, 0.05) is 6.54 Å². The number of nitrogens with two attached hydrogens (primary N) is 1. The van der Waals surface area contributed by atoms with Gasteiger partial charge in [0.2, 0.25) is 6.10 Å². The van der Waals surface area contributed by atoms with E-state index in [0.717, 1.165) is 0 Å². The van der Waals surface area contributed by atoms with Gasteiger partial charge in [0.1, 0.15) is 6.10 Å². The van der Waals surface area contributed by atoms with E-state index in [-0.39, 0.29) is 18.1 Å². The summed E-state index contributed by atoms with van der Waals surface area (Å²) in [5, 5.41) is 0. The molecule has 0 heterocycles. The number of carbonyl (C=O) groups excluding carboxylic acids is 2. The maximum atomic E-state index is 11.9. The Bertz CT molecular complexity index is 325. The maximum Gasteiger partial charge on any atom is 0.349 e. The molecule has 2 N–H and O–H groups in total. The quantitative estimate of drug-likeness (QED) is 0.791. The highest BCUT2D eigenvalue weighted by molar-refractivity contribution is 5.82. The van der Waals surface area contributed by atoms with Gasteiger partial charge in [-0.3, -0.25) is 4.79 Å². The maximum absolute atomic E-state index is 11.9. The molecule has 112 valence electrons. The average molecular weight is 273 g/mol. The van der Waals surface area contributed by atoms with Gasteiger partial charge in [-0.2, -0.15) is 0 Å². The van der Waals surface area contributed by atoms with Gasteiger partial charge in [-0.05, 0) is 33.1 Å². The molecule has 19 heavy (non-hydrogen) atoms. The van der Waals surface area contributed by atoms with Crippen LogP contribution in [0.1, 0.15) is 48.5 Å². The van der Waals surface area contributed by atoms with E-state index in [1.165, 1.54) is 0 Å². The molecule has 2 atom stereocenters. The van der Waals surface area contributed by atoms with E-state index in [2.05, 4.69) is 0 Å². The van der Waals surface area contributed by atoms with Crippen LogP contribution in [0.15, 0.2) is 0 Å². The van der Waals surface area contributed by atoms with E-state index < -0.39 is 23.5 Å². The Labute approximate surface area is 115 Å². The summed E-state index contributed by atoms with van der Waals surface area (Å²) in [4.78, 5) is 23.6. The van der Waals surface area contributed by atoms with Gasteiger partial charge in [-0.1, -0.05) is 20.8 Å². The summed E-state index contributed by atoms with van der Waals surface area (Å²) in [6.45, 7) is 12.7. The highest BCUT2D eigenvalue weighted by Crippen LogP contribution is 2.23. The number of rotatable bonds is 4. The Morgan fingerprint density at radius 1 is 1.05 bits per heavy atom. The minimum atomic E-state index is -1.04. The van der Waals surface area contributed by atoms with Crippen molar-refractivity contribution in [2.24, 2.45) is 16.6 Å². The van der Waals surface area contributed by atoms with Crippen LogP contribution >= 0.6 is 0 Å². The normalized spacial score (nSPS) is 15.6. The van der Waals surface area contributed by atoms with Crippen LogP contribution in [0, 0.1) is 10.8 Å². The SMILES string of the molecule is CC(OC(=O)C(CN)OC(=O)C(C)(C)C)C(C)(C)C. The van der Waals surface area contributed by atoms with Crippen LogP contribution in [0.5, 0.6) is 0 Å². The second kappa shape index (κ2) is 6.37. The van der Waals surface area contributed by atoms with Crippen molar-refractivity contribution in [1.29, 1.82) is 0 Å². The van der Waals surface area contributed by atoms with Gasteiger partial charge in [0.25, 0.3) is 0 Å². The number of carbonyl (C=O) groups is 2. The molecular weight excluding hydrogens is 246 g/mol. The first-order valence-corrected chi connectivity index (χ1v) is 6.51. The monoisotopic (exact) mass is 273 g/mol. The smallest absolute Gasteiger partial charge is 0.349 e. The molecule has 0 saturated heterocycles. The molecule has 5 heteroatoms. The fraction of sp³-hybridized carbons (Fsp3) is 0.857. The second-order valence-corrected chi connectivity index (χ2v) is 6.82. The summed E-state index contributed by atoms with van der Waals surface area (Å²) >= 11 is 0. The minimum Gasteiger partial charge on any atom is -0.459 e. The van der Waals surface area contributed by atoms with Gasteiger partial charge >= 0.3 is 11.9 Å². The first-order chi connectivity index (χ1) is 8.39. The van der Waals surface area contributed by atoms with Gasteiger partial charge in [0.05, 0.1) is 5.41 Å². The predicted molar refractivity (Wildman–Crippen MR) is 73.4 cm³/mol. The van der Waals surface area contributed by atoms with Crippen molar-refractivity contribution in [3.63, 3.8) is 0 Å². The largest absolute Gasteiger partial charge is 0.459 e. The Morgan fingerprint density at radius 3 is 1.84 bits per heavy atom. The molecule has 0 rings (SSSR count). The van der Waals surface area contributed by atoms with Gasteiger partial charge in [0.15, 0.2) is 0 Å². The molecule has 0 spiro atoms. The van der Waals surface area contributed by atoms with Gasteiger partial charge in [-0.15, -0.1) is 0 Å². The standard InChI is InChI=1S/C14H27NO4/c1-9(13(2,3)4)18-11(16)10(8-15)19-12(17)14(5,6)7/h9-10H,8,15H2,1-7H3. The summed E-state index contributed by atoms with van der Waals surface area (Å²) in [6, 6.07) is 0. The fourth-order valence-electron chi connectivity index (χ4n) is 0.925. The lowest BCUT2D eigenvalue weighted by molar-refractivity contribution is -0.177. The van der Waals surface area contributed by atoms with Crippen LogP contribution in [0.25, 0.3) is 0 Å². The third-order valence-corrected chi connectivity index (χ3v) is 2.85. The van der Waals surface area contributed by atoms with Crippen LogP contribution < -0.4 is 5.73 Å². The van der Waals surface area contributed by atoms with Crippen LogP contribution in [0.2, 0.25) is 0 Å². The van der Waals surface area contributed by atoms with Crippen molar-refractivity contribution in [1.82, 2.24) is 0 Å². The summed E-state index contributed by atoms with van der Waals surface area (Å²) in [7, 11) is 0. The molecule has 0 aromatic rings. The molecule has 0 fully saturated rings. The topological polar surface area (TPSA) is 78.6 Å². The Balaban J connectivity index is 4.63. The highest BCUT2D eigenvalue weighted by Gasteiger charge is 2.32. The number of hydrogen-bond donors (Lipinski definition) is 1. The Hall–Kier alpha value is -1.10. The third kappa shape index (κ3) is 6.05. The van der Waals surface area contributed by atoms with Crippen LogP contribution in [0.3, 0.4) is 0 Å². The summed E-state index contributed by atoms with van der Waals surface area (Å²) in [5.74, 6) is -1.06. The lowest BCUT2D eigenvalue weighted by atomic mass is 9.90. The number of hydrogen-bond acceptors (Lipinski definition) is 5. The van der Waals surface area contributed by atoms with Crippen molar-refractivity contribution in [2.75, 3.05) is 6.54 Å².